The standard InChI is InChI=1S/C28H36N4.C10H20/c1-18(2)19(3)13-23(29-8)24-14-25(20-9-10-20)32-17-21(11-12-26(32)30-24)22-15-27(4,5)31-28(6,7)16-22;1-5-7-8-10(4)9(3)6-2/h11-15,17,31H,1,9-10,16H2,2-8H3;8-9H,5-7H2,1-4H3/b19-13+,29-23?;10-8-. The molecule has 0 aromatic heterocycles. The molecule has 4 nitrogen and oxygen atoms in total. The zero-order valence-corrected chi connectivity index (χ0v) is 28.4. The number of nitrogens with one attached hydrogen (secondary N) is 1. The highest BCUT2D eigenvalue weighted by Gasteiger charge is 2.34. The summed E-state index contributed by atoms with van der Waals surface area (Å²) in [6.07, 6.45) is 22.8. The van der Waals surface area contributed by atoms with Crippen molar-refractivity contribution in [3.05, 3.63) is 94.1 Å². The van der Waals surface area contributed by atoms with Crippen LogP contribution in [0, 0.1) is 5.92 Å². The molecular formula is C38H56N4. The van der Waals surface area contributed by atoms with Gasteiger partial charge in [0.1, 0.15) is 5.84 Å². The molecule has 42 heavy (non-hydrogen) atoms. The lowest BCUT2D eigenvalue weighted by Crippen LogP contribution is -2.54. The number of allylic oxidation sites excluding steroid dienone is 9. The number of aliphatic imine (C=N–C) groups is 2. The molecule has 1 atom stereocenters. The first-order valence-electron chi connectivity index (χ1n) is 15.9. The summed E-state index contributed by atoms with van der Waals surface area (Å²) in [5, 5.41) is 3.73. The van der Waals surface area contributed by atoms with Crippen LogP contribution in [0.25, 0.3) is 0 Å². The first-order valence-corrected chi connectivity index (χ1v) is 15.9. The molecule has 4 aliphatic rings. The number of nitrogens with zero attached hydrogens (tertiary/aromatic N) is 3. The lowest BCUT2D eigenvalue weighted by Gasteiger charge is -2.42. The highest BCUT2D eigenvalue weighted by molar-refractivity contribution is 6.12. The van der Waals surface area contributed by atoms with Crippen molar-refractivity contribution >= 4 is 11.5 Å². The van der Waals surface area contributed by atoms with E-state index in [9.17, 15) is 0 Å². The summed E-state index contributed by atoms with van der Waals surface area (Å²) in [7, 11) is 1.83. The van der Waals surface area contributed by atoms with E-state index < -0.39 is 0 Å². The lowest BCUT2D eigenvalue weighted by molar-refractivity contribution is 0.285. The fourth-order valence-electron chi connectivity index (χ4n) is 5.62. The second-order valence-electron chi connectivity index (χ2n) is 13.6. The number of unbranched alkanes of at least 4 members (excludes halogenated alkanes) is 1. The van der Waals surface area contributed by atoms with E-state index in [1.165, 1.54) is 41.7 Å². The first-order chi connectivity index (χ1) is 19.7. The molecular weight excluding hydrogens is 512 g/mol. The summed E-state index contributed by atoms with van der Waals surface area (Å²) in [5.41, 5.74) is 11.0. The number of amidine groups is 1. The van der Waals surface area contributed by atoms with Gasteiger partial charge >= 0.3 is 0 Å². The monoisotopic (exact) mass is 568 g/mol. The Morgan fingerprint density at radius 1 is 1.14 bits per heavy atom. The van der Waals surface area contributed by atoms with E-state index in [0.29, 0.717) is 0 Å². The third-order valence-corrected chi connectivity index (χ3v) is 8.43. The highest BCUT2D eigenvalue weighted by Crippen LogP contribution is 2.39. The van der Waals surface area contributed by atoms with Crippen molar-refractivity contribution in [1.82, 2.24) is 10.2 Å². The van der Waals surface area contributed by atoms with Crippen molar-refractivity contribution in [2.45, 2.75) is 119 Å². The van der Waals surface area contributed by atoms with Crippen LogP contribution in [0.15, 0.2) is 104 Å². The van der Waals surface area contributed by atoms with Crippen LogP contribution in [0.1, 0.15) is 108 Å². The van der Waals surface area contributed by atoms with Gasteiger partial charge in [0, 0.05) is 30.0 Å². The second-order valence-corrected chi connectivity index (χ2v) is 13.6. The third-order valence-electron chi connectivity index (χ3n) is 8.43. The van der Waals surface area contributed by atoms with E-state index in [4.69, 9.17) is 4.99 Å². The van der Waals surface area contributed by atoms with Gasteiger partial charge in [0.2, 0.25) is 0 Å². The molecule has 0 bridgehead atoms. The van der Waals surface area contributed by atoms with Gasteiger partial charge in [-0.05, 0) is 133 Å². The zero-order valence-electron chi connectivity index (χ0n) is 28.4. The molecule has 3 heterocycles. The minimum atomic E-state index is -0.0349. The Balaban J connectivity index is 0.000000416. The molecule has 4 rings (SSSR count). The summed E-state index contributed by atoms with van der Waals surface area (Å²) in [4.78, 5) is 11.8. The summed E-state index contributed by atoms with van der Waals surface area (Å²) in [6.45, 7) is 26.2. The molecule has 228 valence electrons. The molecule has 0 spiro atoms. The van der Waals surface area contributed by atoms with Crippen LogP contribution in [-0.2, 0) is 0 Å². The Kier molecular flexibility index (Phi) is 11.2. The smallest absolute Gasteiger partial charge is 0.137 e. The first kappa shape index (κ1) is 33.5. The van der Waals surface area contributed by atoms with Crippen LogP contribution in [0.4, 0.5) is 0 Å². The number of fused-ring (bicyclic) bond motifs is 1. The molecule has 0 radical (unpaired) electrons. The molecule has 1 fully saturated rings. The Labute approximate surface area is 257 Å². The average Bonchev–Trinajstić information content (AvgIpc) is 3.77. The topological polar surface area (TPSA) is 40.0 Å². The molecule has 1 unspecified atom stereocenters. The normalized spacial score (nSPS) is 22.3. The van der Waals surface area contributed by atoms with Crippen LogP contribution < -0.4 is 5.32 Å². The van der Waals surface area contributed by atoms with Gasteiger partial charge in [0.15, 0.2) is 0 Å². The number of hydrogen-bond donors (Lipinski definition) is 1. The average molecular weight is 569 g/mol. The van der Waals surface area contributed by atoms with Crippen LogP contribution >= 0.6 is 0 Å². The Bertz CT molecular complexity index is 1320. The molecule has 1 aliphatic carbocycles. The van der Waals surface area contributed by atoms with Crippen molar-refractivity contribution in [2.24, 2.45) is 15.9 Å². The van der Waals surface area contributed by atoms with E-state index in [1.54, 1.807) is 5.57 Å². The largest absolute Gasteiger partial charge is 0.303 e. The third kappa shape index (κ3) is 9.01. The van der Waals surface area contributed by atoms with Crippen LogP contribution in [0.5, 0.6) is 0 Å². The minimum Gasteiger partial charge on any atom is -0.303 e. The maximum absolute atomic E-state index is 4.99. The Morgan fingerprint density at radius 2 is 1.83 bits per heavy atom. The van der Waals surface area contributed by atoms with Gasteiger partial charge in [0.05, 0.1) is 11.4 Å². The van der Waals surface area contributed by atoms with Crippen molar-refractivity contribution in [2.75, 3.05) is 7.05 Å². The van der Waals surface area contributed by atoms with Gasteiger partial charge in [-0.25, -0.2) is 4.99 Å². The van der Waals surface area contributed by atoms with Crippen LogP contribution in [0.3, 0.4) is 0 Å². The van der Waals surface area contributed by atoms with E-state index in [-0.39, 0.29) is 11.1 Å². The van der Waals surface area contributed by atoms with Gasteiger partial charge in [0.25, 0.3) is 0 Å². The van der Waals surface area contributed by atoms with Crippen LogP contribution in [0.2, 0.25) is 0 Å². The van der Waals surface area contributed by atoms with Crippen molar-refractivity contribution < 1.29 is 0 Å². The van der Waals surface area contributed by atoms with Crippen molar-refractivity contribution in [3.63, 3.8) is 0 Å². The zero-order chi connectivity index (χ0) is 31.2. The summed E-state index contributed by atoms with van der Waals surface area (Å²) >= 11 is 0. The van der Waals surface area contributed by atoms with Crippen molar-refractivity contribution in [3.8, 4) is 0 Å². The molecule has 0 saturated heterocycles. The molecule has 0 aromatic carbocycles. The van der Waals surface area contributed by atoms with Gasteiger partial charge in [-0.2, -0.15) is 0 Å². The van der Waals surface area contributed by atoms with E-state index in [0.717, 1.165) is 53.6 Å². The fraction of sp³-hybridized carbons (Fsp3) is 0.526. The predicted molar refractivity (Wildman–Crippen MR) is 185 cm³/mol. The number of rotatable bonds is 8. The summed E-state index contributed by atoms with van der Waals surface area (Å²) in [6, 6.07) is 0. The van der Waals surface area contributed by atoms with E-state index >= 15 is 0 Å². The molecule has 3 aliphatic heterocycles. The van der Waals surface area contributed by atoms with E-state index in [2.05, 4.69) is 127 Å². The number of hydrogen-bond acceptors (Lipinski definition) is 4. The molecule has 0 amide bonds. The van der Waals surface area contributed by atoms with Gasteiger partial charge in [-0.15, -0.1) is 0 Å². The Morgan fingerprint density at radius 3 is 2.38 bits per heavy atom. The van der Waals surface area contributed by atoms with Crippen LogP contribution in [-0.4, -0.2) is 34.6 Å². The molecule has 1 saturated carbocycles. The fourth-order valence-corrected chi connectivity index (χ4v) is 5.62. The maximum atomic E-state index is 4.99. The maximum Gasteiger partial charge on any atom is 0.137 e. The molecule has 1 N–H and O–H groups in total. The highest BCUT2D eigenvalue weighted by atomic mass is 15.2. The molecule has 0 aromatic rings. The van der Waals surface area contributed by atoms with Crippen molar-refractivity contribution in [1.29, 1.82) is 0 Å². The van der Waals surface area contributed by atoms with Gasteiger partial charge in [-0.1, -0.05) is 57.1 Å². The SMILES string of the molecule is C=C(C)/C(C)=C/C(=NC)C1=CC(=C2CC2)N2C=C(C3=CC(C)(C)NC(C)(C)C3)C=CC2=N1.CCC/C=C(/C)C(C)CC. The Hall–Kier alpha value is -2.98. The van der Waals surface area contributed by atoms with Gasteiger partial charge in [-0.3, -0.25) is 4.99 Å². The summed E-state index contributed by atoms with van der Waals surface area (Å²) in [5.74, 6) is 1.74. The quantitative estimate of drug-likeness (QED) is 0.180. The lowest BCUT2D eigenvalue weighted by atomic mass is 9.80. The summed E-state index contributed by atoms with van der Waals surface area (Å²) < 4.78 is 0. The van der Waals surface area contributed by atoms with Gasteiger partial charge < -0.3 is 10.2 Å². The molecule has 4 heteroatoms. The second kappa shape index (κ2) is 14.0. The minimum absolute atomic E-state index is 0.0349. The predicted octanol–water partition coefficient (Wildman–Crippen LogP) is 9.93. The van der Waals surface area contributed by atoms with E-state index in [1.807, 2.05) is 14.0 Å².